The van der Waals surface area contributed by atoms with E-state index < -0.39 is 0 Å². The second-order valence-corrected chi connectivity index (χ2v) is 6.15. The summed E-state index contributed by atoms with van der Waals surface area (Å²) in [6, 6.07) is 0.673. The molecule has 0 saturated carbocycles. The number of nitrogens with one attached hydrogen (secondary N) is 1. The van der Waals surface area contributed by atoms with Gasteiger partial charge in [-0.3, -0.25) is 0 Å². The van der Waals surface area contributed by atoms with Crippen LogP contribution in [0.4, 0.5) is 0 Å². The lowest BCUT2D eigenvalue weighted by Gasteiger charge is -2.31. The highest BCUT2D eigenvalue weighted by molar-refractivity contribution is 4.73. The Bertz CT molecular complexity index is 200. The summed E-state index contributed by atoms with van der Waals surface area (Å²) in [4.78, 5) is 4.95. The maximum atomic E-state index is 3.61. The third kappa shape index (κ3) is 6.72. The van der Waals surface area contributed by atoms with E-state index in [1.165, 1.54) is 51.9 Å². The van der Waals surface area contributed by atoms with Crippen molar-refractivity contribution >= 4 is 0 Å². The van der Waals surface area contributed by atoms with E-state index in [9.17, 15) is 0 Å². The molecular formula is C15H33N3. The molecule has 1 saturated heterocycles. The van der Waals surface area contributed by atoms with Crippen molar-refractivity contribution in [1.29, 1.82) is 0 Å². The molecular weight excluding hydrogens is 222 g/mol. The summed E-state index contributed by atoms with van der Waals surface area (Å²) in [6.45, 7) is 10.7. The second-order valence-electron chi connectivity index (χ2n) is 6.15. The summed E-state index contributed by atoms with van der Waals surface area (Å²) in [7, 11) is 4.50. The quantitative estimate of drug-likeness (QED) is 0.716. The van der Waals surface area contributed by atoms with E-state index in [1.807, 2.05) is 0 Å². The molecule has 1 fully saturated rings. The first-order chi connectivity index (χ1) is 8.61. The molecule has 0 bridgehead atoms. The number of hydrogen-bond acceptors (Lipinski definition) is 3. The van der Waals surface area contributed by atoms with Crippen molar-refractivity contribution in [1.82, 2.24) is 15.1 Å². The van der Waals surface area contributed by atoms with E-state index >= 15 is 0 Å². The molecule has 0 radical (unpaired) electrons. The first kappa shape index (κ1) is 15.9. The van der Waals surface area contributed by atoms with Crippen molar-refractivity contribution in [2.24, 2.45) is 5.92 Å². The fraction of sp³-hybridized carbons (Fsp3) is 1.00. The van der Waals surface area contributed by atoms with Gasteiger partial charge in [-0.2, -0.15) is 0 Å². The largest absolute Gasteiger partial charge is 0.313 e. The maximum Gasteiger partial charge on any atom is 0.0104 e. The number of rotatable bonds is 8. The van der Waals surface area contributed by atoms with Crippen LogP contribution in [0, 0.1) is 5.92 Å². The Balaban J connectivity index is 2.04. The molecule has 0 aromatic heterocycles. The average molecular weight is 255 g/mol. The third-order valence-corrected chi connectivity index (χ3v) is 4.12. The lowest BCUT2D eigenvalue weighted by molar-refractivity contribution is 0.176. The Morgan fingerprint density at radius 3 is 2.61 bits per heavy atom. The highest BCUT2D eigenvalue weighted by Crippen LogP contribution is 2.16. The van der Waals surface area contributed by atoms with Gasteiger partial charge in [0, 0.05) is 25.7 Å². The van der Waals surface area contributed by atoms with E-state index in [4.69, 9.17) is 0 Å². The lowest BCUT2D eigenvalue weighted by atomic mass is 9.97. The number of likely N-dealkylation sites (N-methyl/N-ethyl adjacent to an activating group) is 1. The van der Waals surface area contributed by atoms with Gasteiger partial charge in [-0.25, -0.2) is 0 Å². The third-order valence-electron chi connectivity index (χ3n) is 4.12. The van der Waals surface area contributed by atoms with Gasteiger partial charge in [-0.1, -0.05) is 13.3 Å². The van der Waals surface area contributed by atoms with Crippen LogP contribution >= 0.6 is 0 Å². The van der Waals surface area contributed by atoms with Crippen LogP contribution < -0.4 is 5.32 Å². The Morgan fingerprint density at radius 1 is 1.33 bits per heavy atom. The minimum Gasteiger partial charge on any atom is -0.313 e. The van der Waals surface area contributed by atoms with E-state index in [0.29, 0.717) is 6.04 Å². The van der Waals surface area contributed by atoms with Crippen molar-refractivity contribution < 1.29 is 0 Å². The van der Waals surface area contributed by atoms with Gasteiger partial charge in [0.2, 0.25) is 0 Å². The highest BCUT2D eigenvalue weighted by atomic mass is 15.1. The van der Waals surface area contributed by atoms with Crippen LogP contribution in [0.15, 0.2) is 0 Å². The number of piperidine rings is 1. The molecule has 3 nitrogen and oxygen atoms in total. The minimum absolute atomic E-state index is 0.673. The van der Waals surface area contributed by atoms with Gasteiger partial charge >= 0.3 is 0 Å². The van der Waals surface area contributed by atoms with Crippen molar-refractivity contribution in [3.05, 3.63) is 0 Å². The van der Waals surface area contributed by atoms with Gasteiger partial charge in [0.25, 0.3) is 0 Å². The van der Waals surface area contributed by atoms with Gasteiger partial charge in [0.05, 0.1) is 0 Å². The molecule has 3 heteroatoms. The molecule has 0 aromatic carbocycles. The lowest BCUT2D eigenvalue weighted by Crippen LogP contribution is -2.39. The van der Waals surface area contributed by atoms with Crippen LogP contribution in [0.2, 0.25) is 0 Å². The Hall–Kier alpha value is -0.120. The molecule has 1 N–H and O–H groups in total. The molecule has 0 amide bonds. The molecule has 1 heterocycles. The molecule has 0 spiro atoms. The van der Waals surface area contributed by atoms with E-state index in [0.717, 1.165) is 12.5 Å². The summed E-state index contributed by atoms with van der Waals surface area (Å²) < 4.78 is 0. The molecule has 108 valence electrons. The number of nitrogens with zero attached hydrogens (tertiary/aromatic N) is 2. The highest BCUT2D eigenvalue weighted by Gasteiger charge is 2.17. The van der Waals surface area contributed by atoms with Crippen molar-refractivity contribution in [3.8, 4) is 0 Å². The van der Waals surface area contributed by atoms with Crippen molar-refractivity contribution in [2.45, 2.75) is 45.6 Å². The molecule has 1 unspecified atom stereocenters. The summed E-state index contributed by atoms with van der Waals surface area (Å²) in [5.41, 5.74) is 0. The summed E-state index contributed by atoms with van der Waals surface area (Å²) >= 11 is 0. The zero-order valence-corrected chi connectivity index (χ0v) is 12.9. The van der Waals surface area contributed by atoms with Gasteiger partial charge in [0.15, 0.2) is 0 Å². The normalized spacial score (nSPS) is 20.5. The first-order valence-corrected chi connectivity index (χ1v) is 7.72. The van der Waals surface area contributed by atoms with Crippen LogP contribution in [-0.2, 0) is 0 Å². The van der Waals surface area contributed by atoms with E-state index in [1.54, 1.807) is 0 Å². The Morgan fingerprint density at radius 2 is 2.00 bits per heavy atom. The van der Waals surface area contributed by atoms with Gasteiger partial charge < -0.3 is 15.1 Å². The van der Waals surface area contributed by atoms with Crippen LogP contribution in [0.1, 0.15) is 39.5 Å². The fourth-order valence-corrected chi connectivity index (χ4v) is 2.81. The summed E-state index contributed by atoms with van der Waals surface area (Å²) in [5, 5.41) is 3.61. The summed E-state index contributed by atoms with van der Waals surface area (Å²) in [5.74, 6) is 0.916. The molecule has 1 aliphatic rings. The average Bonchev–Trinajstić information content (AvgIpc) is 2.32. The topological polar surface area (TPSA) is 18.5 Å². The zero-order valence-electron chi connectivity index (χ0n) is 12.9. The van der Waals surface area contributed by atoms with Crippen LogP contribution in [-0.4, -0.2) is 62.7 Å². The monoisotopic (exact) mass is 255 g/mol. The predicted octanol–water partition coefficient (Wildman–Crippen LogP) is 2.04. The SMILES string of the molecule is CCCC(C)NCCN(C)CC1CCN(C)CC1. The molecule has 18 heavy (non-hydrogen) atoms. The second kappa shape index (κ2) is 8.89. The first-order valence-electron chi connectivity index (χ1n) is 7.72. The fourth-order valence-electron chi connectivity index (χ4n) is 2.81. The molecule has 1 rings (SSSR count). The Kier molecular flexibility index (Phi) is 7.87. The molecule has 1 aliphatic heterocycles. The molecule has 0 aromatic rings. The smallest absolute Gasteiger partial charge is 0.0104 e. The minimum atomic E-state index is 0.673. The van der Waals surface area contributed by atoms with Crippen molar-refractivity contribution in [2.75, 3.05) is 46.8 Å². The number of hydrogen-bond donors (Lipinski definition) is 1. The number of likely N-dealkylation sites (tertiary alicyclic amines) is 1. The molecule has 1 atom stereocenters. The van der Waals surface area contributed by atoms with Gasteiger partial charge in [-0.15, -0.1) is 0 Å². The van der Waals surface area contributed by atoms with Gasteiger partial charge in [-0.05, 0) is 59.3 Å². The standard InChI is InChI=1S/C15H33N3/c1-5-6-14(2)16-9-12-18(4)13-15-7-10-17(3)11-8-15/h14-16H,5-13H2,1-4H3. The summed E-state index contributed by atoms with van der Waals surface area (Å²) in [6.07, 6.45) is 5.32. The zero-order chi connectivity index (χ0) is 13.4. The van der Waals surface area contributed by atoms with Crippen LogP contribution in [0.5, 0.6) is 0 Å². The van der Waals surface area contributed by atoms with E-state index in [2.05, 4.69) is 43.1 Å². The van der Waals surface area contributed by atoms with E-state index in [-0.39, 0.29) is 0 Å². The van der Waals surface area contributed by atoms with Crippen LogP contribution in [0.25, 0.3) is 0 Å². The maximum absolute atomic E-state index is 3.61. The Labute approximate surface area is 114 Å². The van der Waals surface area contributed by atoms with Crippen LogP contribution in [0.3, 0.4) is 0 Å². The molecule has 0 aliphatic carbocycles. The van der Waals surface area contributed by atoms with Crippen molar-refractivity contribution in [3.63, 3.8) is 0 Å². The predicted molar refractivity (Wildman–Crippen MR) is 80.1 cm³/mol. The van der Waals surface area contributed by atoms with Gasteiger partial charge in [0.1, 0.15) is 0 Å².